The molecule has 0 spiro atoms. The number of ether oxygens (including phenoxy) is 1. The number of pyridine rings is 1. The van der Waals surface area contributed by atoms with Crippen LogP contribution in [0.3, 0.4) is 0 Å². The van der Waals surface area contributed by atoms with Crippen LogP contribution >= 0.6 is 0 Å². The van der Waals surface area contributed by atoms with Gasteiger partial charge in [-0.25, -0.2) is 4.98 Å². The predicted octanol–water partition coefficient (Wildman–Crippen LogP) is 4.93. The predicted molar refractivity (Wildman–Crippen MR) is 123 cm³/mol. The SMILES string of the molecule is Oc1ccc2c(c1)CC[C@H](c1ccccc1)[C@@H]2c1ccc(OCCN2CC(CF)C2)nc1. The zero-order valence-corrected chi connectivity index (χ0v) is 18.2. The van der Waals surface area contributed by atoms with Gasteiger partial charge in [0.05, 0.1) is 6.67 Å². The third-order valence-electron chi connectivity index (χ3n) is 6.84. The summed E-state index contributed by atoms with van der Waals surface area (Å²) in [4.78, 5) is 6.80. The zero-order valence-electron chi connectivity index (χ0n) is 18.2. The lowest BCUT2D eigenvalue weighted by Gasteiger charge is -2.37. The molecule has 1 aliphatic carbocycles. The average molecular weight is 433 g/mol. The van der Waals surface area contributed by atoms with Crippen LogP contribution in [0.2, 0.25) is 0 Å². The number of likely N-dealkylation sites (tertiary alicyclic amines) is 1. The number of hydrogen-bond donors (Lipinski definition) is 1. The second kappa shape index (κ2) is 9.29. The van der Waals surface area contributed by atoms with Crippen molar-refractivity contribution in [3.05, 3.63) is 89.1 Å². The number of phenols is 1. The number of hydrogen-bond acceptors (Lipinski definition) is 4. The summed E-state index contributed by atoms with van der Waals surface area (Å²) in [7, 11) is 0. The molecule has 1 aromatic heterocycles. The fourth-order valence-corrected chi connectivity index (χ4v) is 5.18. The molecule has 0 radical (unpaired) electrons. The lowest BCUT2D eigenvalue weighted by Crippen LogP contribution is -2.49. The Morgan fingerprint density at radius 1 is 1.03 bits per heavy atom. The van der Waals surface area contributed by atoms with Crippen LogP contribution in [0, 0.1) is 5.92 Å². The number of aromatic nitrogens is 1. The minimum atomic E-state index is -0.228. The minimum absolute atomic E-state index is 0.182. The van der Waals surface area contributed by atoms with E-state index in [4.69, 9.17) is 4.74 Å². The monoisotopic (exact) mass is 432 g/mol. The van der Waals surface area contributed by atoms with Crippen molar-refractivity contribution in [3.63, 3.8) is 0 Å². The Bertz CT molecular complexity index is 1040. The average Bonchev–Trinajstić information content (AvgIpc) is 2.80. The Labute approximate surface area is 188 Å². The Balaban J connectivity index is 1.33. The molecule has 1 saturated heterocycles. The van der Waals surface area contributed by atoms with Gasteiger partial charge in [-0.3, -0.25) is 9.29 Å². The van der Waals surface area contributed by atoms with Crippen LogP contribution in [0.1, 0.15) is 40.5 Å². The number of alkyl halides is 1. The van der Waals surface area contributed by atoms with Crippen molar-refractivity contribution >= 4 is 0 Å². The van der Waals surface area contributed by atoms with E-state index in [1.807, 2.05) is 18.3 Å². The molecule has 2 aromatic carbocycles. The first kappa shape index (κ1) is 21.0. The minimum Gasteiger partial charge on any atom is -0.508 e. The molecule has 5 rings (SSSR count). The van der Waals surface area contributed by atoms with Gasteiger partial charge in [-0.1, -0.05) is 42.5 Å². The van der Waals surface area contributed by atoms with Crippen LogP contribution < -0.4 is 4.74 Å². The summed E-state index contributed by atoms with van der Waals surface area (Å²) >= 11 is 0. The van der Waals surface area contributed by atoms with E-state index in [9.17, 15) is 9.50 Å². The van der Waals surface area contributed by atoms with Crippen LogP contribution in [0.15, 0.2) is 66.9 Å². The number of halogens is 1. The fraction of sp³-hybridized carbons (Fsp3) is 0.370. The normalized spacial score (nSPS) is 21.0. The van der Waals surface area contributed by atoms with Gasteiger partial charge in [-0.15, -0.1) is 0 Å². The van der Waals surface area contributed by atoms with E-state index < -0.39 is 0 Å². The number of rotatable bonds is 7. The van der Waals surface area contributed by atoms with Gasteiger partial charge < -0.3 is 9.84 Å². The standard InChI is InChI=1S/C27H29FN2O2/c28-15-19-17-30(18-19)12-13-32-26-11-7-22(16-29-26)27-24(20-4-2-1-3-5-20)9-6-21-14-23(31)8-10-25(21)27/h1-5,7-8,10-11,14,16,19,24,27,31H,6,9,12-13,15,17-18H2/t24-,27+/m1/s1. The van der Waals surface area contributed by atoms with Crippen molar-refractivity contribution in [1.29, 1.82) is 0 Å². The molecule has 1 fully saturated rings. The smallest absolute Gasteiger partial charge is 0.213 e. The van der Waals surface area contributed by atoms with Gasteiger partial charge in [0.15, 0.2) is 0 Å². The molecule has 2 atom stereocenters. The highest BCUT2D eigenvalue weighted by atomic mass is 19.1. The molecular weight excluding hydrogens is 403 g/mol. The van der Waals surface area contributed by atoms with E-state index in [0.29, 0.717) is 24.2 Å². The van der Waals surface area contributed by atoms with Crippen molar-refractivity contribution in [1.82, 2.24) is 9.88 Å². The zero-order chi connectivity index (χ0) is 21.9. The number of fused-ring (bicyclic) bond motifs is 1. The quantitative estimate of drug-likeness (QED) is 0.575. The third-order valence-corrected chi connectivity index (χ3v) is 6.84. The Kier molecular flexibility index (Phi) is 6.08. The molecule has 32 heavy (non-hydrogen) atoms. The Morgan fingerprint density at radius 3 is 2.62 bits per heavy atom. The number of aryl methyl sites for hydroxylation is 1. The molecule has 2 aliphatic rings. The van der Waals surface area contributed by atoms with Gasteiger partial charge >= 0.3 is 0 Å². The third kappa shape index (κ3) is 4.35. The maximum atomic E-state index is 12.6. The van der Waals surface area contributed by atoms with Crippen molar-refractivity contribution in [3.8, 4) is 11.6 Å². The second-order valence-corrected chi connectivity index (χ2v) is 8.97. The number of nitrogens with zero attached hydrogens (tertiary/aromatic N) is 2. The van der Waals surface area contributed by atoms with Crippen molar-refractivity contribution in [2.24, 2.45) is 5.92 Å². The largest absolute Gasteiger partial charge is 0.508 e. The maximum absolute atomic E-state index is 12.6. The molecule has 2 heterocycles. The molecular formula is C27H29FN2O2. The highest BCUT2D eigenvalue weighted by Crippen LogP contribution is 2.46. The van der Waals surface area contributed by atoms with Gasteiger partial charge in [0, 0.05) is 43.7 Å². The summed E-state index contributed by atoms with van der Waals surface area (Å²) in [5.41, 5.74) is 4.96. The van der Waals surface area contributed by atoms with E-state index in [1.54, 1.807) is 6.07 Å². The molecule has 0 amide bonds. The van der Waals surface area contributed by atoms with Gasteiger partial charge in [-0.2, -0.15) is 0 Å². The van der Waals surface area contributed by atoms with Crippen LogP contribution in [0.25, 0.3) is 0 Å². The van der Waals surface area contributed by atoms with Crippen molar-refractivity contribution < 1.29 is 14.2 Å². The molecule has 1 aliphatic heterocycles. The molecule has 0 saturated carbocycles. The molecule has 5 heteroatoms. The first-order valence-electron chi connectivity index (χ1n) is 11.4. The van der Waals surface area contributed by atoms with E-state index in [-0.39, 0.29) is 18.5 Å². The van der Waals surface area contributed by atoms with Gasteiger partial charge in [0.25, 0.3) is 0 Å². The van der Waals surface area contributed by atoms with E-state index in [2.05, 4.69) is 52.3 Å². The summed E-state index contributed by atoms with van der Waals surface area (Å²) < 4.78 is 18.4. The first-order valence-corrected chi connectivity index (χ1v) is 11.4. The summed E-state index contributed by atoms with van der Waals surface area (Å²) in [5.74, 6) is 1.68. The van der Waals surface area contributed by atoms with Crippen molar-refractivity contribution in [2.75, 3.05) is 32.9 Å². The van der Waals surface area contributed by atoms with Crippen LogP contribution in [0.5, 0.6) is 11.6 Å². The summed E-state index contributed by atoms with van der Waals surface area (Å²) in [6.07, 6.45) is 3.91. The summed E-state index contributed by atoms with van der Waals surface area (Å²) in [6.45, 7) is 2.78. The highest BCUT2D eigenvalue weighted by molar-refractivity contribution is 5.47. The first-order chi connectivity index (χ1) is 15.7. The Morgan fingerprint density at radius 2 is 1.88 bits per heavy atom. The van der Waals surface area contributed by atoms with Crippen LogP contribution in [-0.4, -0.2) is 47.9 Å². The second-order valence-electron chi connectivity index (χ2n) is 8.97. The molecule has 4 nitrogen and oxygen atoms in total. The maximum Gasteiger partial charge on any atom is 0.213 e. The van der Waals surface area contributed by atoms with E-state index in [0.717, 1.165) is 38.0 Å². The van der Waals surface area contributed by atoms with Gasteiger partial charge in [-0.05, 0) is 53.1 Å². The molecule has 0 unspecified atom stereocenters. The lowest BCUT2D eigenvalue weighted by molar-refractivity contribution is 0.0661. The highest BCUT2D eigenvalue weighted by Gasteiger charge is 2.32. The van der Waals surface area contributed by atoms with Crippen LogP contribution in [-0.2, 0) is 6.42 Å². The fourth-order valence-electron chi connectivity index (χ4n) is 5.18. The Hall–Kier alpha value is -2.92. The topological polar surface area (TPSA) is 45.6 Å². The van der Waals surface area contributed by atoms with E-state index >= 15 is 0 Å². The number of aromatic hydroxyl groups is 1. The lowest BCUT2D eigenvalue weighted by atomic mass is 9.69. The molecule has 0 bridgehead atoms. The summed E-state index contributed by atoms with van der Waals surface area (Å²) in [5, 5.41) is 9.99. The van der Waals surface area contributed by atoms with Crippen LogP contribution in [0.4, 0.5) is 4.39 Å². The molecule has 1 N–H and O–H groups in total. The van der Waals surface area contributed by atoms with Gasteiger partial charge in [0.1, 0.15) is 12.4 Å². The van der Waals surface area contributed by atoms with E-state index in [1.165, 1.54) is 16.7 Å². The number of phenolic OH excluding ortho intramolecular Hbond substituents is 1. The number of benzene rings is 2. The van der Waals surface area contributed by atoms with Crippen molar-refractivity contribution in [2.45, 2.75) is 24.7 Å². The molecule has 166 valence electrons. The summed E-state index contributed by atoms with van der Waals surface area (Å²) in [6, 6.07) is 20.5. The molecule has 3 aromatic rings. The van der Waals surface area contributed by atoms with Gasteiger partial charge in [0.2, 0.25) is 5.88 Å².